The van der Waals surface area contributed by atoms with Crippen LogP contribution in [0.5, 0.6) is 5.75 Å². The molecular weight excluding hydrogens is 512 g/mol. The molecule has 3 aromatic carbocycles. The molecule has 1 aliphatic carbocycles. The molecule has 4 aromatic rings. The van der Waals surface area contributed by atoms with Crippen LogP contribution in [-0.2, 0) is 11.2 Å². The molecule has 1 amide bonds. The van der Waals surface area contributed by atoms with Gasteiger partial charge in [0.2, 0.25) is 5.75 Å². The minimum Gasteiger partial charge on any atom is -0.419 e. The second kappa shape index (κ2) is 11.8. The van der Waals surface area contributed by atoms with E-state index in [0.717, 1.165) is 42.0 Å². The van der Waals surface area contributed by atoms with Gasteiger partial charge < -0.3 is 15.0 Å². The van der Waals surface area contributed by atoms with Crippen molar-refractivity contribution in [3.8, 4) is 5.75 Å². The number of anilines is 2. The van der Waals surface area contributed by atoms with Gasteiger partial charge in [0.15, 0.2) is 11.0 Å². The quantitative estimate of drug-likeness (QED) is 0.204. The first-order valence-electron chi connectivity index (χ1n) is 13.2. The molecule has 0 aliphatic heterocycles. The largest absolute Gasteiger partial charge is 0.419 e. The van der Waals surface area contributed by atoms with Crippen LogP contribution in [0.2, 0.25) is 5.15 Å². The fourth-order valence-electron chi connectivity index (χ4n) is 5.07. The molecule has 1 fully saturated rings. The molecule has 1 aliphatic rings. The lowest BCUT2D eigenvalue weighted by molar-refractivity contribution is -0.131. The molecule has 7 nitrogen and oxygen atoms in total. The number of esters is 1. The molecule has 0 atom stereocenters. The van der Waals surface area contributed by atoms with Crippen LogP contribution in [0, 0.1) is 0 Å². The molecule has 5 rings (SSSR count). The second-order valence-corrected chi connectivity index (χ2v) is 10.3. The van der Waals surface area contributed by atoms with Gasteiger partial charge in [0.1, 0.15) is 5.82 Å². The highest BCUT2D eigenvalue weighted by molar-refractivity contribution is 6.31. The molecule has 0 radical (unpaired) electrons. The Bertz CT molecular complexity index is 1500. The van der Waals surface area contributed by atoms with Crippen LogP contribution in [0.15, 0.2) is 66.7 Å². The van der Waals surface area contributed by atoms with Crippen LogP contribution in [0.3, 0.4) is 0 Å². The van der Waals surface area contributed by atoms with Crippen molar-refractivity contribution < 1.29 is 14.3 Å². The van der Waals surface area contributed by atoms with E-state index in [9.17, 15) is 9.59 Å². The van der Waals surface area contributed by atoms with Crippen LogP contribution in [0.1, 0.15) is 60.8 Å². The van der Waals surface area contributed by atoms with Crippen LogP contribution in [-0.4, -0.2) is 34.9 Å². The number of amides is 1. The third-order valence-electron chi connectivity index (χ3n) is 7.14. The molecule has 0 saturated heterocycles. The Labute approximate surface area is 233 Å². The standard InChI is InChI=1S/C31H31ClN4O3/c1-20(37)39-28-29(32)34-27(35-30(28)36(2)26-10-4-3-5-11-26)18-21-12-16-25(17-13-21)33-31(38)24-15-14-22-8-6-7-9-23(22)19-24/h6-9,12-17,19,26H,3-5,10-11,18H2,1-2H3,(H,33,38). The fourth-order valence-corrected chi connectivity index (χ4v) is 5.29. The third kappa shape index (κ3) is 6.37. The summed E-state index contributed by atoms with van der Waals surface area (Å²) < 4.78 is 5.43. The normalized spacial score (nSPS) is 13.7. The number of rotatable bonds is 7. The summed E-state index contributed by atoms with van der Waals surface area (Å²) >= 11 is 6.50. The minimum atomic E-state index is -0.465. The topological polar surface area (TPSA) is 84.4 Å². The Morgan fingerprint density at radius 3 is 2.41 bits per heavy atom. The van der Waals surface area contributed by atoms with E-state index in [2.05, 4.69) is 15.2 Å². The van der Waals surface area contributed by atoms with Gasteiger partial charge in [-0.15, -0.1) is 0 Å². The molecule has 200 valence electrons. The number of aromatic nitrogens is 2. The van der Waals surface area contributed by atoms with E-state index in [1.165, 1.54) is 13.3 Å². The number of carbonyl (C=O) groups excluding carboxylic acids is 2. The van der Waals surface area contributed by atoms with E-state index in [4.69, 9.17) is 21.3 Å². The summed E-state index contributed by atoms with van der Waals surface area (Å²) in [4.78, 5) is 35.9. The number of benzene rings is 3. The summed E-state index contributed by atoms with van der Waals surface area (Å²) in [7, 11) is 1.97. The summed E-state index contributed by atoms with van der Waals surface area (Å²) in [5.41, 5.74) is 2.25. The molecule has 8 heteroatoms. The summed E-state index contributed by atoms with van der Waals surface area (Å²) in [5, 5.41) is 5.19. The number of nitrogens with one attached hydrogen (secondary N) is 1. The summed E-state index contributed by atoms with van der Waals surface area (Å²) in [6.07, 6.45) is 6.10. The van der Waals surface area contributed by atoms with Gasteiger partial charge in [0.25, 0.3) is 5.91 Å². The zero-order chi connectivity index (χ0) is 27.4. The van der Waals surface area contributed by atoms with Crippen molar-refractivity contribution in [2.45, 2.75) is 51.5 Å². The van der Waals surface area contributed by atoms with E-state index in [-0.39, 0.29) is 16.8 Å². The van der Waals surface area contributed by atoms with Gasteiger partial charge >= 0.3 is 5.97 Å². The maximum absolute atomic E-state index is 12.8. The van der Waals surface area contributed by atoms with Crippen molar-refractivity contribution in [1.82, 2.24) is 9.97 Å². The number of fused-ring (bicyclic) bond motifs is 1. The summed E-state index contributed by atoms with van der Waals surface area (Å²) in [6, 6.07) is 21.5. The molecule has 0 spiro atoms. The zero-order valence-corrected chi connectivity index (χ0v) is 22.9. The van der Waals surface area contributed by atoms with Crippen LogP contribution < -0.4 is 15.0 Å². The SMILES string of the molecule is CC(=O)Oc1c(Cl)nc(Cc2ccc(NC(=O)c3ccc4ccccc4c3)cc2)nc1N(C)C1CCCCC1. The van der Waals surface area contributed by atoms with Crippen LogP contribution >= 0.6 is 11.6 Å². The van der Waals surface area contributed by atoms with Crippen molar-refractivity contribution in [2.24, 2.45) is 0 Å². The Morgan fingerprint density at radius 2 is 1.69 bits per heavy atom. The van der Waals surface area contributed by atoms with Crippen molar-refractivity contribution in [3.63, 3.8) is 0 Å². The second-order valence-electron chi connectivity index (χ2n) is 9.97. The van der Waals surface area contributed by atoms with Gasteiger partial charge in [-0.05, 0) is 53.4 Å². The van der Waals surface area contributed by atoms with E-state index < -0.39 is 5.97 Å². The Morgan fingerprint density at radius 1 is 0.974 bits per heavy atom. The number of hydrogen-bond acceptors (Lipinski definition) is 6. The number of carbonyl (C=O) groups is 2. The molecule has 1 saturated carbocycles. The molecular formula is C31H31ClN4O3. The Hall–Kier alpha value is -3.97. The Balaban J connectivity index is 1.32. The van der Waals surface area contributed by atoms with E-state index in [1.54, 1.807) is 0 Å². The summed E-state index contributed by atoms with van der Waals surface area (Å²) in [5.74, 6) is 0.633. The maximum atomic E-state index is 12.8. The Kier molecular flexibility index (Phi) is 8.07. The molecule has 0 unspecified atom stereocenters. The molecule has 0 bridgehead atoms. The first kappa shape index (κ1) is 26.6. The van der Waals surface area contributed by atoms with Crippen molar-refractivity contribution in [3.05, 3.63) is 88.8 Å². The van der Waals surface area contributed by atoms with E-state index in [0.29, 0.717) is 35.4 Å². The van der Waals surface area contributed by atoms with E-state index >= 15 is 0 Å². The first-order chi connectivity index (χ1) is 18.9. The molecule has 1 aromatic heterocycles. The highest BCUT2D eigenvalue weighted by Crippen LogP contribution is 2.36. The average Bonchev–Trinajstić information content (AvgIpc) is 2.95. The average molecular weight is 543 g/mol. The van der Waals surface area contributed by atoms with Gasteiger partial charge in [-0.2, -0.15) is 0 Å². The first-order valence-corrected chi connectivity index (χ1v) is 13.6. The van der Waals surface area contributed by atoms with Gasteiger partial charge in [0, 0.05) is 37.7 Å². The van der Waals surface area contributed by atoms with Gasteiger partial charge in [-0.1, -0.05) is 73.3 Å². The third-order valence-corrected chi connectivity index (χ3v) is 7.40. The number of hydrogen-bond donors (Lipinski definition) is 1. The highest BCUT2D eigenvalue weighted by atomic mass is 35.5. The van der Waals surface area contributed by atoms with Gasteiger partial charge in [-0.25, -0.2) is 9.97 Å². The lowest BCUT2D eigenvalue weighted by Crippen LogP contribution is -2.34. The number of nitrogens with zero attached hydrogens (tertiary/aromatic N) is 3. The van der Waals surface area contributed by atoms with Gasteiger partial charge in [0.05, 0.1) is 0 Å². The summed E-state index contributed by atoms with van der Waals surface area (Å²) in [6.45, 7) is 1.34. The predicted octanol–water partition coefficient (Wildman–Crippen LogP) is 6.82. The van der Waals surface area contributed by atoms with Crippen molar-refractivity contribution >= 4 is 45.8 Å². The monoisotopic (exact) mass is 542 g/mol. The number of ether oxygens (including phenoxy) is 1. The molecule has 1 heterocycles. The molecule has 39 heavy (non-hydrogen) atoms. The smallest absolute Gasteiger partial charge is 0.308 e. The lowest BCUT2D eigenvalue weighted by atomic mass is 9.94. The molecule has 1 N–H and O–H groups in total. The predicted molar refractivity (Wildman–Crippen MR) is 155 cm³/mol. The fraction of sp³-hybridized carbons (Fsp3) is 0.290. The zero-order valence-electron chi connectivity index (χ0n) is 22.1. The van der Waals surface area contributed by atoms with Crippen LogP contribution in [0.25, 0.3) is 10.8 Å². The highest BCUT2D eigenvalue weighted by Gasteiger charge is 2.26. The maximum Gasteiger partial charge on any atom is 0.308 e. The van der Waals surface area contributed by atoms with Crippen LogP contribution in [0.4, 0.5) is 11.5 Å². The van der Waals surface area contributed by atoms with E-state index in [1.807, 2.05) is 73.8 Å². The lowest BCUT2D eigenvalue weighted by Gasteiger charge is -2.33. The number of halogens is 1. The van der Waals surface area contributed by atoms with Crippen molar-refractivity contribution in [1.29, 1.82) is 0 Å². The van der Waals surface area contributed by atoms with Crippen molar-refractivity contribution in [2.75, 3.05) is 17.3 Å². The minimum absolute atomic E-state index is 0.118. The van der Waals surface area contributed by atoms with Gasteiger partial charge in [-0.3, -0.25) is 9.59 Å².